The highest BCUT2D eigenvalue weighted by atomic mass is 16.3. The first-order valence-electron chi connectivity index (χ1n) is 4.93. The Kier molecular flexibility index (Phi) is 6.63. The van der Waals surface area contributed by atoms with E-state index in [-0.39, 0.29) is 0 Å². The minimum absolute atomic E-state index is 0.407. The summed E-state index contributed by atoms with van der Waals surface area (Å²) in [6.07, 6.45) is 5.19. The Balaban J connectivity index is 0.000000461. The molecule has 1 nitrogen and oxygen atoms in total. The van der Waals surface area contributed by atoms with Crippen molar-refractivity contribution in [1.82, 2.24) is 0 Å². The smallest absolute Gasteiger partial charge is 0.0459 e. The topological polar surface area (TPSA) is 20.2 Å². The maximum Gasteiger partial charge on any atom is 0.0459 e. The van der Waals surface area contributed by atoms with Gasteiger partial charge in [-0.1, -0.05) is 33.6 Å². The van der Waals surface area contributed by atoms with Gasteiger partial charge in [0.15, 0.2) is 0 Å². The van der Waals surface area contributed by atoms with Gasteiger partial charge in [-0.05, 0) is 24.7 Å². The Bertz CT molecular complexity index is 80.9. The van der Waals surface area contributed by atoms with Crippen molar-refractivity contribution in [2.75, 3.05) is 6.61 Å². The van der Waals surface area contributed by atoms with Crippen LogP contribution < -0.4 is 0 Å². The van der Waals surface area contributed by atoms with E-state index < -0.39 is 0 Å². The van der Waals surface area contributed by atoms with Crippen molar-refractivity contribution in [3.05, 3.63) is 0 Å². The Hall–Kier alpha value is -0.0400. The van der Waals surface area contributed by atoms with E-state index >= 15 is 0 Å². The quantitative estimate of drug-likeness (QED) is 0.622. The molecule has 0 aromatic rings. The Morgan fingerprint density at radius 1 is 1.27 bits per heavy atom. The Morgan fingerprint density at radius 2 is 1.91 bits per heavy atom. The van der Waals surface area contributed by atoms with Crippen molar-refractivity contribution in [3.63, 3.8) is 0 Å². The van der Waals surface area contributed by atoms with Crippen LogP contribution in [0.5, 0.6) is 0 Å². The third-order valence-electron chi connectivity index (χ3n) is 2.30. The number of hydrogen-bond donors (Lipinski definition) is 1. The molecular weight excluding hydrogens is 136 g/mol. The molecule has 0 amide bonds. The predicted octanol–water partition coefficient (Wildman–Crippen LogP) is 2.83. The van der Waals surface area contributed by atoms with Crippen molar-refractivity contribution in [2.45, 2.75) is 46.5 Å². The lowest BCUT2D eigenvalue weighted by atomic mass is 9.83. The molecule has 1 fully saturated rings. The minimum atomic E-state index is 0.407. The molecule has 11 heavy (non-hydrogen) atoms. The molecule has 1 saturated carbocycles. The maximum atomic E-state index is 8.81. The molecule has 1 rings (SSSR count). The van der Waals surface area contributed by atoms with E-state index in [0.29, 0.717) is 12.5 Å². The summed E-state index contributed by atoms with van der Waals surface area (Å²) in [6.45, 7) is 6.69. The van der Waals surface area contributed by atoms with Crippen LogP contribution in [0.3, 0.4) is 0 Å². The minimum Gasteiger partial charge on any atom is -0.396 e. The molecule has 0 aromatic heterocycles. The third-order valence-corrected chi connectivity index (χ3v) is 2.30. The molecule has 0 saturated heterocycles. The first kappa shape index (κ1) is 11.0. The number of hydrogen-bond acceptors (Lipinski definition) is 1. The van der Waals surface area contributed by atoms with Crippen LogP contribution in [0.15, 0.2) is 0 Å². The van der Waals surface area contributed by atoms with Crippen LogP contribution in [0.2, 0.25) is 0 Å². The van der Waals surface area contributed by atoms with Crippen LogP contribution in [-0.2, 0) is 0 Å². The zero-order chi connectivity index (χ0) is 8.69. The molecule has 2 unspecified atom stereocenters. The molecule has 1 aliphatic rings. The zero-order valence-corrected chi connectivity index (χ0v) is 8.14. The van der Waals surface area contributed by atoms with E-state index in [0.717, 1.165) is 5.92 Å². The average Bonchev–Trinajstić information content (AvgIpc) is 2.08. The SMILES string of the molecule is CC.CC1CCCC(CO)C1. The lowest BCUT2D eigenvalue weighted by Gasteiger charge is -2.24. The van der Waals surface area contributed by atoms with Crippen LogP contribution in [-0.4, -0.2) is 11.7 Å². The van der Waals surface area contributed by atoms with Gasteiger partial charge in [-0.25, -0.2) is 0 Å². The molecule has 0 bridgehead atoms. The fourth-order valence-corrected chi connectivity index (χ4v) is 1.73. The van der Waals surface area contributed by atoms with Crippen LogP contribution in [0.1, 0.15) is 46.5 Å². The summed E-state index contributed by atoms with van der Waals surface area (Å²) in [5, 5.41) is 8.81. The summed E-state index contributed by atoms with van der Waals surface area (Å²) in [7, 11) is 0. The first-order chi connectivity index (χ1) is 5.33. The van der Waals surface area contributed by atoms with Gasteiger partial charge in [0.2, 0.25) is 0 Å². The monoisotopic (exact) mass is 158 g/mol. The number of rotatable bonds is 1. The van der Waals surface area contributed by atoms with Gasteiger partial charge in [-0.3, -0.25) is 0 Å². The van der Waals surface area contributed by atoms with Gasteiger partial charge in [-0.2, -0.15) is 0 Å². The molecular formula is C10H22O. The van der Waals surface area contributed by atoms with Crippen molar-refractivity contribution in [1.29, 1.82) is 0 Å². The lowest BCUT2D eigenvalue weighted by molar-refractivity contribution is 0.166. The van der Waals surface area contributed by atoms with Crippen molar-refractivity contribution < 1.29 is 5.11 Å². The van der Waals surface area contributed by atoms with E-state index in [4.69, 9.17) is 5.11 Å². The molecule has 1 heteroatoms. The molecule has 0 heterocycles. The van der Waals surface area contributed by atoms with E-state index in [1.807, 2.05) is 13.8 Å². The molecule has 1 N–H and O–H groups in total. The largest absolute Gasteiger partial charge is 0.396 e. The van der Waals surface area contributed by atoms with Crippen molar-refractivity contribution in [2.24, 2.45) is 11.8 Å². The van der Waals surface area contributed by atoms with E-state index in [9.17, 15) is 0 Å². The highest BCUT2D eigenvalue weighted by Crippen LogP contribution is 2.27. The second-order valence-corrected chi connectivity index (χ2v) is 3.32. The third kappa shape index (κ3) is 4.41. The molecule has 0 aromatic carbocycles. The van der Waals surface area contributed by atoms with E-state index in [1.54, 1.807) is 0 Å². The Morgan fingerprint density at radius 3 is 2.27 bits per heavy atom. The van der Waals surface area contributed by atoms with Gasteiger partial charge < -0.3 is 5.11 Å². The number of aliphatic hydroxyl groups excluding tert-OH is 1. The maximum absolute atomic E-state index is 8.81. The predicted molar refractivity (Wildman–Crippen MR) is 49.6 cm³/mol. The molecule has 2 atom stereocenters. The van der Waals surface area contributed by atoms with Crippen LogP contribution in [0, 0.1) is 11.8 Å². The van der Waals surface area contributed by atoms with Crippen molar-refractivity contribution in [3.8, 4) is 0 Å². The second kappa shape index (κ2) is 6.66. The summed E-state index contributed by atoms with van der Waals surface area (Å²) < 4.78 is 0. The molecule has 1 aliphatic carbocycles. The standard InChI is InChI=1S/C8H16O.C2H6/c1-7-3-2-4-8(5-7)6-9;1-2/h7-9H,2-6H2,1H3;1-2H3. The highest BCUT2D eigenvalue weighted by molar-refractivity contribution is 4.68. The summed E-state index contributed by atoms with van der Waals surface area (Å²) in [6, 6.07) is 0. The van der Waals surface area contributed by atoms with Gasteiger partial charge in [0.1, 0.15) is 0 Å². The van der Waals surface area contributed by atoms with Crippen molar-refractivity contribution >= 4 is 0 Å². The lowest BCUT2D eigenvalue weighted by Crippen LogP contribution is -2.15. The summed E-state index contributed by atoms with van der Waals surface area (Å²) in [4.78, 5) is 0. The molecule has 68 valence electrons. The second-order valence-electron chi connectivity index (χ2n) is 3.32. The van der Waals surface area contributed by atoms with E-state index in [1.165, 1.54) is 25.7 Å². The average molecular weight is 158 g/mol. The highest BCUT2D eigenvalue weighted by Gasteiger charge is 2.17. The van der Waals surface area contributed by atoms with Crippen LogP contribution in [0.25, 0.3) is 0 Å². The van der Waals surface area contributed by atoms with Gasteiger partial charge in [-0.15, -0.1) is 0 Å². The fourth-order valence-electron chi connectivity index (χ4n) is 1.73. The molecule has 0 radical (unpaired) electrons. The fraction of sp³-hybridized carbons (Fsp3) is 1.00. The Labute approximate surface area is 70.8 Å². The molecule has 0 aliphatic heterocycles. The van der Waals surface area contributed by atoms with Gasteiger partial charge in [0, 0.05) is 6.61 Å². The van der Waals surface area contributed by atoms with Gasteiger partial charge in [0.25, 0.3) is 0 Å². The summed E-state index contributed by atoms with van der Waals surface area (Å²) >= 11 is 0. The first-order valence-corrected chi connectivity index (χ1v) is 4.93. The number of aliphatic hydroxyl groups is 1. The van der Waals surface area contributed by atoms with Gasteiger partial charge >= 0.3 is 0 Å². The summed E-state index contributed by atoms with van der Waals surface area (Å²) in [5.41, 5.74) is 0. The normalized spacial score (nSPS) is 30.5. The van der Waals surface area contributed by atoms with E-state index in [2.05, 4.69) is 6.92 Å². The summed E-state index contributed by atoms with van der Waals surface area (Å²) in [5.74, 6) is 1.48. The molecule has 0 spiro atoms. The van der Waals surface area contributed by atoms with Gasteiger partial charge in [0.05, 0.1) is 0 Å². The van der Waals surface area contributed by atoms with Crippen LogP contribution >= 0.6 is 0 Å². The zero-order valence-electron chi connectivity index (χ0n) is 8.14. The van der Waals surface area contributed by atoms with Crippen LogP contribution in [0.4, 0.5) is 0 Å².